The summed E-state index contributed by atoms with van der Waals surface area (Å²) in [6, 6.07) is 5.93. The van der Waals surface area contributed by atoms with Crippen molar-refractivity contribution in [3.63, 3.8) is 0 Å². The SMILES string of the molecule is NC(=O)c1cc([N+](=O)[O-])cnc1Oc1ccc([N+](=O)[O-])cc1. The second-order valence-corrected chi connectivity index (χ2v) is 4.02. The third-order valence-electron chi connectivity index (χ3n) is 2.58. The van der Waals surface area contributed by atoms with Crippen molar-refractivity contribution in [2.45, 2.75) is 0 Å². The summed E-state index contributed by atoms with van der Waals surface area (Å²) >= 11 is 0. The zero-order chi connectivity index (χ0) is 16.3. The van der Waals surface area contributed by atoms with E-state index in [1.165, 1.54) is 24.3 Å². The Morgan fingerprint density at radius 3 is 2.18 bits per heavy atom. The van der Waals surface area contributed by atoms with Crippen LogP contribution in [0, 0.1) is 20.2 Å². The van der Waals surface area contributed by atoms with Crippen molar-refractivity contribution in [1.82, 2.24) is 4.98 Å². The smallest absolute Gasteiger partial charge is 0.288 e. The lowest BCUT2D eigenvalue weighted by Gasteiger charge is -2.07. The molecule has 112 valence electrons. The second-order valence-electron chi connectivity index (χ2n) is 4.02. The van der Waals surface area contributed by atoms with Gasteiger partial charge in [0.15, 0.2) is 0 Å². The first kappa shape index (κ1) is 14.8. The fraction of sp³-hybridized carbons (Fsp3) is 0. The molecule has 2 rings (SSSR count). The number of nitrogens with zero attached hydrogens (tertiary/aromatic N) is 3. The molecule has 0 radical (unpaired) electrons. The maximum Gasteiger partial charge on any atom is 0.288 e. The van der Waals surface area contributed by atoms with Gasteiger partial charge in [0.2, 0.25) is 5.88 Å². The minimum Gasteiger partial charge on any atom is -0.438 e. The fourth-order valence-electron chi connectivity index (χ4n) is 1.55. The normalized spacial score (nSPS) is 10.0. The Bertz CT molecular complexity index is 759. The van der Waals surface area contributed by atoms with Gasteiger partial charge in [0.25, 0.3) is 17.3 Å². The summed E-state index contributed by atoms with van der Waals surface area (Å²) in [6.07, 6.45) is 0.910. The van der Waals surface area contributed by atoms with Crippen LogP contribution in [0.2, 0.25) is 0 Å². The number of non-ortho nitro benzene ring substituents is 1. The van der Waals surface area contributed by atoms with Crippen LogP contribution in [0.1, 0.15) is 10.4 Å². The lowest BCUT2D eigenvalue weighted by Crippen LogP contribution is -2.13. The highest BCUT2D eigenvalue weighted by Gasteiger charge is 2.18. The Morgan fingerprint density at radius 2 is 1.68 bits per heavy atom. The number of carbonyl (C=O) groups excluding carboxylic acids is 1. The third kappa shape index (κ3) is 3.12. The molecular formula is C12H8N4O6. The number of hydrogen-bond donors (Lipinski definition) is 1. The van der Waals surface area contributed by atoms with Gasteiger partial charge < -0.3 is 10.5 Å². The molecule has 0 saturated heterocycles. The molecule has 2 aromatic rings. The van der Waals surface area contributed by atoms with Gasteiger partial charge in [0.05, 0.1) is 9.85 Å². The van der Waals surface area contributed by atoms with Gasteiger partial charge in [-0.2, -0.15) is 0 Å². The van der Waals surface area contributed by atoms with Crippen molar-refractivity contribution in [2.75, 3.05) is 0 Å². The number of primary amides is 1. The lowest BCUT2D eigenvalue weighted by molar-refractivity contribution is -0.385. The van der Waals surface area contributed by atoms with Crippen molar-refractivity contribution in [3.05, 3.63) is 62.3 Å². The summed E-state index contributed by atoms with van der Waals surface area (Å²) in [5.41, 5.74) is 4.31. The third-order valence-corrected chi connectivity index (χ3v) is 2.58. The number of nitro benzene ring substituents is 1. The number of hydrogen-bond acceptors (Lipinski definition) is 7. The van der Waals surface area contributed by atoms with Gasteiger partial charge in [-0.1, -0.05) is 0 Å². The van der Waals surface area contributed by atoms with Gasteiger partial charge in [0.1, 0.15) is 17.5 Å². The van der Waals surface area contributed by atoms with Crippen LogP contribution >= 0.6 is 0 Å². The Labute approximate surface area is 122 Å². The van der Waals surface area contributed by atoms with Gasteiger partial charge >= 0.3 is 0 Å². The van der Waals surface area contributed by atoms with Gasteiger partial charge in [-0.25, -0.2) is 4.98 Å². The van der Waals surface area contributed by atoms with E-state index in [0.717, 1.165) is 12.3 Å². The van der Waals surface area contributed by atoms with E-state index in [9.17, 15) is 25.0 Å². The minimum atomic E-state index is -0.951. The summed E-state index contributed by atoms with van der Waals surface area (Å²) in [6.45, 7) is 0. The highest BCUT2D eigenvalue weighted by molar-refractivity contribution is 5.95. The molecule has 0 unspecified atom stereocenters. The molecule has 0 saturated carbocycles. The largest absolute Gasteiger partial charge is 0.438 e. The number of pyridine rings is 1. The zero-order valence-electron chi connectivity index (χ0n) is 10.8. The van der Waals surface area contributed by atoms with Gasteiger partial charge in [-0.15, -0.1) is 0 Å². The number of benzene rings is 1. The summed E-state index contributed by atoms with van der Waals surface area (Å²) in [7, 11) is 0. The van der Waals surface area contributed by atoms with Gasteiger partial charge in [0, 0.05) is 18.2 Å². The first-order chi connectivity index (χ1) is 10.4. The molecule has 0 atom stereocenters. The molecule has 2 N–H and O–H groups in total. The number of carbonyl (C=O) groups is 1. The van der Waals surface area contributed by atoms with E-state index < -0.39 is 21.4 Å². The van der Waals surface area contributed by atoms with Crippen molar-refractivity contribution < 1.29 is 19.4 Å². The van der Waals surface area contributed by atoms with E-state index >= 15 is 0 Å². The molecule has 1 aromatic heterocycles. The quantitative estimate of drug-likeness (QED) is 0.652. The van der Waals surface area contributed by atoms with Gasteiger partial charge in [-0.05, 0) is 12.1 Å². The molecule has 1 aromatic carbocycles. The number of amides is 1. The second kappa shape index (κ2) is 5.83. The maximum absolute atomic E-state index is 11.3. The highest BCUT2D eigenvalue weighted by atomic mass is 16.6. The van der Waals surface area contributed by atoms with E-state index in [1.807, 2.05) is 0 Å². The fourth-order valence-corrected chi connectivity index (χ4v) is 1.55. The predicted molar refractivity (Wildman–Crippen MR) is 72.6 cm³/mol. The molecule has 0 aliphatic rings. The summed E-state index contributed by atoms with van der Waals surface area (Å²) in [4.78, 5) is 34.9. The Morgan fingerprint density at radius 1 is 1.09 bits per heavy atom. The summed E-state index contributed by atoms with van der Waals surface area (Å²) < 4.78 is 5.28. The molecule has 0 spiro atoms. The number of nitrogens with two attached hydrogens (primary N) is 1. The zero-order valence-corrected chi connectivity index (χ0v) is 10.8. The Hall–Kier alpha value is -3.56. The van der Waals surface area contributed by atoms with Crippen molar-refractivity contribution in [1.29, 1.82) is 0 Å². The van der Waals surface area contributed by atoms with Crippen LogP contribution in [0.15, 0.2) is 36.5 Å². The van der Waals surface area contributed by atoms with E-state index in [-0.39, 0.29) is 22.9 Å². The van der Waals surface area contributed by atoms with Crippen LogP contribution in [-0.2, 0) is 0 Å². The standard InChI is InChI=1S/C12H8N4O6/c13-11(17)10-5-8(16(20)21)6-14-12(10)22-9-3-1-7(2-4-9)15(18)19/h1-6H,(H2,13,17). The van der Waals surface area contributed by atoms with Crippen LogP contribution in [-0.4, -0.2) is 20.7 Å². The highest BCUT2D eigenvalue weighted by Crippen LogP contribution is 2.27. The molecule has 0 fully saturated rings. The topological polar surface area (TPSA) is 151 Å². The average molecular weight is 304 g/mol. The summed E-state index contributed by atoms with van der Waals surface area (Å²) in [5, 5.41) is 21.2. The summed E-state index contributed by atoms with van der Waals surface area (Å²) in [5.74, 6) is -1.02. The molecule has 1 amide bonds. The number of nitro groups is 2. The maximum atomic E-state index is 11.3. The van der Waals surface area contributed by atoms with Crippen molar-refractivity contribution in [3.8, 4) is 11.6 Å². The Balaban J connectivity index is 2.34. The first-order valence-corrected chi connectivity index (χ1v) is 5.75. The molecule has 22 heavy (non-hydrogen) atoms. The molecule has 10 nitrogen and oxygen atoms in total. The molecule has 10 heteroatoms. The van der Waals surface area contributed by atoms with Crippen molar-refractivity contribution in [2.24, 2.45) is 5.73 Å². The first-order valence-electron chi connectivity index (χ1n) is 5.75. The van der Waals surface area contributed by atoms with Crippen molar-refractivity contribution >= 4 is 17.3 Å². The molecule has 0 aliphatic heterocycles. The monoisotopic (exact) mass is 304 g/mol. The van der Waals surface area contributed by atoms with Crippen LogP contribution in [0.5, 0.6) is 11.6 Å². The number of aromatic nitrogens is 1. The van der Waals surface area contributed by atoms with Crippen LogP contribution in [0.4, 0.5) is 11.4 Å². The van der Waals surface area contributed by atoms with Crippen LogP contribution in [0.25, 0.3) is 0 Å². The number of rotatable bonds is 5. The lowest BCUT2D eigenvalue weighted by atomic mass is 10.2. The molecular weight excluding hydrogens is 296 g/mol. The van der Waals surface area contributed by atoms with E-state index in [2.05, 4.69) is 4.98 Å². The van der Waals surface area contributed by atoms with E-state index in [0.29, 0.717) is 0 Å². The molecule has 1 heterocycles. The minimum absolute atomic E-state index is 0.140. The Kier molecular flexibility index (Phi) is 3.93. The van der Waals surface area contributed by atoms with Crippen LogP contribution in [0.3, 0.4) is 0 Å². The molecule has 0 bridgehead atoms. The van der Waals surface area contributed by atoms with Crippen LogP contribution < -0.4 is 10.5 Å². The average Bonchev–Trinajstić information content (AvgIpc) is 2.47. The predicted octanol–water partition coefficient (Wildman–Crippen LogP) is 1.79. The molecule has 0 aliphatic carbocycles. The number of ether oxygens (including phenoxy) is 1. The van der Waals surface area contributed by atoms with Gasteiger partial charge in [-0.3, -0.25) is 25.0 Å². The van der Waals surface area contributed by atoms with E-state index in [1.54, 1.807) is 0 Å². The van der Waals surface area contributed by atoms with E-state index in [4.69, 9.17) is 10.5 Å².